The van der Waals surface area contributed by atoms with Crippen molar-refractivity contribution < 1.29 is 18.9 Å². The number of carbonyl (C=O) groups is 1. The maximum absolute atomic E-state index is 13.1. The lowest BCUT2D eigenvalue weighted by Crippen LogP contribution is -2.33. The highest BCUT2D eigenvalue weighted by molar-refractivity contribution is 5.94. The van der Waals surface area contributed by atoms with Gasteiger partial charge in [0.15, 0.2) is 0 Å². The molecular weight excluding hydrogens is 243 g/mol. The molecule has 1 N–H and O–H groups in total. The van der Waals surface area contributed by atoms with Crippen LogP contribution in [0.3, 0.4) is 0 Å². The van der Waals surface area contributed by atoms with E-state index in [1.54, 1.807) is 20.8 Å². The van der Waals surface area contributed by atoms with E-state index in [-0.39, 0.29) is 5.56 Å². The first-order chi connectivity index (χ1) is 8.19. The van der Waals surface area contributed by atoms with Crippen LogP contribution in [0.2, 0.25) is 0 Å². The molecule has 0 atom stereocenters. The molecule has 0 aliphatic carbocycles. The number of rotatable bonds is 3. The van der Waals surface area contributed by atoms with E-state index < -0.39 is 27.9 Å². The maximum Gasteiger partial charge on any atom is 0.275 e. The van der Waals surface area contributed by atoms with Crippen molar-refractivity contribution in [1.29, 1.82) is 0 Å². The van der Waals surface area contributed by atoms with E-state index in [9.17, 15) is 19.3 Å². The van der Waals surface area contributed by atoms with Gasteiger partial charge in [0.1, 0.15) is 5.82 Å². The molecule has 1 aromatic rings. The van der Waals surface area contributed by atoms with Crippen molar-refractivity contribution in [3.05, 3.63) is 39.7 Å². The van der Waals surface area contributed by atoms with Crippen LogP contribution >= 0.6 is 0 Å². The van der Waals surface area contributed by atoms with E-state index in [0.29, 0.717) is 0 Å². The Morgan fingerprint density at radius 2 is 2.00 bits per heavy atom. The Bertz CT molecular complexity index is 482. The van der Waals surface area contributed by atoms with Crippen molar-refractivity contribution in [2.45, 2.75) is 26.4 Å². The Morgan fingerprint density at radius 3 is 2.50 bits per heavy atom. The number of nitro benzene ring substituents is 1. The van der Waals surface area contributed by atoms with Gasteiger partial charge in [0.2, 0.25) is 0 Å². The zero-order valence-electron chi connectivity index (χ0n) is 10.2. The zero-order valence-corrected chi connectivity index (χ0v) is 10.2. The smallest absolute Gasteiger partial charge is 0.268 e. The van der Waals surface area contributed by atoms with Gasteiger partial charge in [0, 0.05) is 6.07 Å². The maximum atomic E-state index is 13.1. The minimum atomic E-state index is -0.856. The van der Waals surface area contributed by atoms with Gasteiger partial charge in [0.25, 0.3) is 11.6 Å². The predicted octanol–water partition coefficient (Wildman–Crippen LogP) is 2.19. The molecule has 0 heterocycles. The number of hydroxylamine groups is 1. The summed E-state index contributed by atoms with van der Waals surface area (Å²) >= 11 is 0. The fourth-order valence-corrected chi connectivity index (χ4v) is 1.07. The second-order valence-electron chi connectivity index (χ2n) is 4.60. The Labute approximate surface area is 103 Å². The summed E-state index contributed by atoms with van der Waals surface area (Å²) in [6.07, 6.45) is 0. The lowest BCUT2D eigenvalue weighted by atomic mass is 10.2. The molecule has 0 aliphatic rings. The zero-order chi connectivity index (χ0) is 13.9. The molecule has 6 nitrogen and oxygen atoms in total. The van der Waals surface area contributed by atoms with Crippen LogP contribution in [-0.2, 0) is 4.84 Å². The quantitative estimate of drug-likeness (QED) is 0.663. The van der Waals surface area contributed by atoms with Gasteiger partial charge in [-0.05, 0) is 26.8 Å². The number of hydrogen-bond acceptors (Lipinski definition) is 4. The molecular formula is C11H13FN2O4. The van der Waals surface area contributed by atoms with Gasteiger partial charge in [-0.1, -0.05) is 0 Å². The van der Waals surface area contributed by atoms with Crippen molar-refractivity contribution in [1.82, 2.24) is 5.48 Å². The molecule has 1 rings (SSSR count). The van der Waals surface area contributed by atoms with Crippen LogP contribution in [0.15, 0.2) is 18.2 Å². The lowest BCUT2D eigenvalue weighted by molar-refractivity contribution is -0.385. The highest BCUT2D eigenvalue weighted by Crippen LogP contribution is 2.16. The summed E-state index contributed by atoms with van der Waals surface area (Å²) in [5.41, 5.74) is 0.823. The molecule has 18 heavy (non-hydrogen) atoms. The number of halogens is 1. The summed E-state index contributed by atoms with van der Waals surface area (Å²) in [5, 5.41) is 10.5. The molecule has 1 amide bonds. The largest absolute Gasteiger partial charge is 0.275 e. The Balaban J connectivity index is 2.89. The van der Waals surface area contributed by atoms with Gasteiger partial charge in [-0.2, -0.15) is 0 Å². The van der Waals surface area contributed by atoms with Crippen LogP contribution in [0.1, 0.15) is 31.1 Å². The first-order valence-corrected chi connectivity index (χ1v) is 5.12. The van der Waals surface area contributed by atoms with Crippen LogP contribution < -0.4 is 5.48 Å². The average Bonchev–Trinajstić information content (AvgIpc) is 2.23. The van der Waals surface area contributed by atoms with Crippen LogP contribution in [0.25, 0.3) is 0 Å². The van der Waals surface area contributed by atoms with E-state index >= 15 is 0 Å². The Kier molecular flexibility index (Phi) is 3.97. The molecule has 0 unspecified atom stereocenters. The van der Waals surface area contributed by atoms with E-state index in [0.717, 1.165) is 18.2 Å². The number of nitro groups is 1. The SMILES string of the molecule is CC(C)(C)ONC(=O)c1cc(F)cc([N+](=O)[O-])c1. The van der Waals surface area contributed by atoms with Crippen LogP contribution in [0, 0.1) is 15.9 Å². The second kappa shape index (κ2) is 5.09. The van der Waals surface area contributed by atoms with Crippen molar-refractivity contribution in [2.24, 2.45) is 0 Å². The summed E-state index contributed by atoms with van der Waals surface area (Å²) in [6.45, 7) is 5.13. The molecule has 0 spiro atoms. The van der Waals surface area contributed by atoms with Crippen molar-refractivity contribution in [3.8, 4) is 0 Å². The summed E-state index contributed by atoms with van der Waals surface area (Å²) < 4.78 is 13.1. The minimum absolute atomic E-state index is 0.175. The molecule has 0 radical (unpaired) electrons. The number of carbonyl (C=O) groups excluding carboxylic acids is 1. The number of nitrogens with zero attached hydrogens (tertiary/aromatic N) is 1. The number of benzene rings is 1. The molecule has 0 aromatic heterocycles. The van der Waals surface area contributed by atoms with Crippen LogP contribution in [0.4, 0.5) is 10.1 Å². The highest BCUT2D eigenvalue weighted by Gasteiger charge is 2.17. The Hall–Kier alpha value is -2.02. The predicted molar refractivity (Wildman–Crippen MR) is 61.4 cm³/mol. The molecule has 0 fully saturated rings. The number of hydrogen-bond donors (Lipinski definition) is 1. The van der Waals surface area contributed by atoms with Gasteiger partial charge < -0.3 is 0 Å². The van der Waals surface area contributed by atoms with Crippen molar-refractivity contribution >= 4 is 11.6 Å². The lowest BCUT2D eigenvalue weighted by Gasteiger charge is -2.18. The average molecular weight is 256 g/mol. The molecule has 0 saturated heterocycles. The van der Waals surface area contributed by atoms with Gasteiger partial charge in [-0.3, -0.25) is 19.7 Å². The van der Waals surface area contributed by atoms with Crippen molar-refractivity contribution in [2.75, 3.05) is 0 Å². The van der Waals surface area contributed by atoms with E-state index in [1.165, 1.54) is 0 Å². The highest BCUT2D eigenvalue weighted by atomic mass is 19.1. The first kappa shape index (κ1) is 14.0. The van der Waals surface area contributed by atoms with Gasteiger partial charge in [-0.25, -0.2) is 9.87 Å². The van der Waals surface area contributed by atoms with Gasteiger partial charge >= 0.3 is 0 Å². The van der Waals surface area contributed by atoms with Crippen molar-refractivity contribution in [3.63, 3.8) is 0 Å². The molecule has 0 aliphatic heterocycles. The third kappa shape index (κ3) is 4.10. The third-order valence-electron chi connectivity index (χ3n) is 1.81. The third-order valence-corrected chi connectivity index (χ3v) is 1.81. The van der Waals surface area contributed by atoms with Crippen LogP contribution in [-0.4, -0.2) is 16.4 Å². The standard InChI is InChI=1S/C11H13FN2O4/c1-11(2,3)18-13-10(15)7-4-8(12)6-9(5-7)14(16)17/h4-6H,1-3H3,(H,13,15). The fourth-order valence-electron chi connectivity index (χ4n) is 1.07. The fraction of sp³-hybridized carbons (Fsp3) is 0.364. The monoisotopic (exact) mass is 256 g/mol. The number of non-ortho nitro benzene ring substituents is 1. The molecule has 7 heteroatoms. The van der Waals surface area contributed by atoms with Gasteiger partial charge in [-0.15, -0.1) is 0 Å². The second-order valence-corrected chi connectivity index (χ2v) is 4.60. The molecule has 1 aromatic carbocycles. The summed E-state index contributed by atoms with van der Waals surface area (Å²) in [7, 11) is 0. The number of amides is 1. The first-order valence-electron chi connectivity index (χ1n) is 5.12. The topological polar surface area (TPSA) is 81.5 Å². The number of nitrogens with one attached hydrogen (secondary N) is 1. The molecule has 0 bridgehead atoms. The van der Waals surface area contributed by atoms with E-state index in [4.69, 9.17) is 4.84 Å². The van der Waals surface area contributed by atoms with E-state index in [2.05, 4.69) is 5.48 Å². The summed E-state index contributed by atoms with van der Waals surface area (Å²) in [4.78, 5) is 26.3. The molecule has 98 valence electrons. The summed E-state index contributed by atoms with van der Waals surface area (Å²) in [5.74, 6) is -1.60. The Morgan fingerprint density at radius 1 is 1.39 bits per heavy atom. The summed E-state index contributed by atoms with van der Waals surface area (Å²) in [6, 6.07) is 2.61. The van der Waals surface area contributed by atoms with E-state index in [1.807, 2.05) is 0 Å². The molecule has 0 saturated carbocycles. The van der Waals surface area contributed by atoms with Gasteiger partial charge in [0.05, 0.1) is 22.2 Å². The minimum Gasteiger partial charge on any atom is -0.268 e. The van der Waals surface area contributed by atoms with Crippen LogP contribution in [0.5, 0.6) is 0 Å². The normalized spacial score (nSPS) is 11.1.